The molecule has 0 unspecified atom stereocenters. The van der Waals surface area contributed by atoms with Crippen molar-refractivity contribution >= 4 is 11.9 Å². The summed E-state index contributed by atoms with van der Waals surface area (Å²) in [5, 5.41) is 9.40. The Morgan fingerprint density at radius 1 is 1.38 bits per heavy atom. The van der Waals surface area contributed by atoms with Gasteiger partial charge >= 0.3 is 12.1 Å². The molecule has 9 heteroatoms. The highest BCUT2D eigenvalue weighted by atomic mass is 19.4. The van der Waals surface area contributed by atoms with E-state index in [4.69, 9.17) is 14.8 Å². The summed E-state index contributed by atoms with van der Waals surface area (Å²) in [5.41, 5.74) is -1.89. The first kappa shape index (κ1) is 20.8. The molecule has 26 heavy (non-hydrogen) atoms. The molecule has 1 rings (SSSR count). The van der Waals surface area contributed by atoms with Crippen LogP contribution in [-0.4, -0.2) is 30.1 Å². The van der Waals surface area contributed by atoms with E-state index in [1.807, 2.05) is 0 Å². The summed E-state index contributed by atoms with van der Waals surface area (Å²) in [4.78, 5) is 29.1. The Morgan fingerprint density at radius 3 is 2.62 bits per heavy atom. The molecule has 0 saturated carbocycles. The molecule has 0 aromatic heterocycles. The van der Waals surface area contributed by atoms with Crippen LogP contribution in [0.2, 0.25) is 0 Å². The second kappa shape index (κ2) is 9.27. The number of hydroxylamine groups is 2. The Hall–Kier alpha value is -3.28. The van der Waals surface area contributed by atoms with Gasteiger partial charge in [0.05, 0.1) is 18.7 Å². The third kappa shape index (κ3) is 5.66. The summed E-state index contributed by atoms with van der Waals surface area (Å²) in [6.45, 7) is 4.90. The molecular formula is C17H15F3N2O4. The number of hydrogen-bond acceptors (Lipinski definition) is 5. The van der Waals surface area contributed by atoms with E-state index in [-0.39, 0.29) is 18.7 Å². The quantitative estimate of drug-likeness (QED) is 0.253. The minimum Gasteiger partial charge on any atom is -0.500 e. The molecule has 1 aromatic carbocycles. The van der Waals surface area contributed by atoms with Gasteiger partial charge in [-0.15, -0.1) is 6.58 Å². The summed E-state index contributed by atoms with van der Waals surface area (Å²) in [6, 6.07) is 5.17. The molecule has 0 radical (unpaired) electrons. The van der Waals surface area contributed by atoms with E-state index in [2.05, 4.69) is 6.58 Å². The molecule has 0 atom stereocenters. The zero-order chi connectivity index (χ0) is 19.7. The van der Waals surface area contributed by atoms with Gasteiger partial charge in [-0.1, -0.05) is 12.1 Å². The van der Waals surface area contributed by atoms with Gasteiger partial charge in [0.15, 0.2) is 5.57 Å². The van der Waals surface area contributed by atoms with Crippen LogP contribution in [-0.2, 0) is 20.5 Å². The average Bonchev–Trinajstić information content (AvgIpc) is 2.60. The van der Waals surface area contributed by atoms with E-state index in [1.54, 1.807) is 13.0 Å². The van der Waals surface area contributed by atoms with Crippen molar-refractivity contribution in [1.29, 1.82) is 5.26 Å². The second-order valence-electron chi connectivity index (χ2n) is 4.71. The highest BCUT2D eigenvalue weighted by Crippen LogP contribution is 2.29. The molecule has 0 heterocycles. The number of rotatable bonds is 6. The van der Waals surface area contributed by atoms with Gasteiger partial charge in [-0.25, -0.2) is 4.79 Å². The van der Waals surface area contributed by atoms with Crippen LogP contribution in [0.3, 0.4) is 0 Å². The van der Waals surface area contributed by atoms with Crippen molar-refractivity contribution < 1.29 is 32.3 Å². The van der Waals surface area contributed by atoms with Crippen molar-refractivity contribution in [3.63, 3.8) is 0 Å². The standard InChI is InChI=1S/C17H15F3N2O4/c1-3-8-22(26-16(24)13(10-21)11-25-4-2)15(23)12-6-5-7-14(9-12)17(18,19)20/h3,5-7,9,11H,1,4,8H2,2H3. The lowest BCUT2D eigenvalue weighted by Crippen LogP contribution is -2.34. The Kier molecular flexibility index (Phi) is 7.40. The number of carbonyl (C=O) groups excluding carboxylic acids is 2. The number of carbonyl (C=O) groups is 2. The van der Waals surface area contributed by atoms with Crippen molar-refractivity contribution in [3.8, 4) is 6.07 Å². The molecule has 0 N–H and O–H groups in total. The van der Waals surface area contributed by atoms with Crippen LogP contribution in [0, 0.1) is 11.3 Å². The number of nitriles is 1. The van der Waals surface area contributed by atoms with Crippen molar-refractivity contribution in [2.24, 2.45) is 0 Å². The van der Waals surface area contributed by atoms with Gasteiger partial charge < -0.3 is 9.57 Å². The summed E-state index contributed by atoms with van der Waals surface area (Å²) in [7, 11) is 0. The average molecular weight is 368 g/mol. The number of nitrogens with zero attached hydrogens (tertiary/aromatic N) is 2. The van der Waals surface area contributed by atoms with E-state index in [1.165, 1.54) is 6.08 Å². The normalized spacial score (nSPS) is 11.3. The molecular weight excluding hydrogens is 353 g/mol. The molecule has 1 aromatic rings. The lowest BCUT2D eigenvalue weighted by atomic mass is 10.1. The van der Waals surface area contributed by atoms with E-state index in [0.717, 1.165) is 24.5 Å². The van der Waals surface area contributed by atoms with Crippen molar-refractivity contribution in [3.05, 3.63) is 59.9 Å². The molecule has 0 spiro atoms. The highest BCUT2D eigenvalue weighted by molar-refractivity contribution is 5.97. The molecule has 0 saturated heterocycles. The molecule has 138 valence electrons. The zero-order valence-corrected chi connectivity index (χ0v) is 13.7. The van der Waals surface area contributed by atoms with Crippen molar-refractivity contribution in [1.82, 2.24) is 5.06 Å². The van der Waals surface area contributed by atoms with Gasteiger partial charge in [0.2, 0.25) is 0 Å². The van der Waals surface area contributed by atoms with E-state index >= 15 is 0 Å². The van der Waals surface area contributed by atoms with Crippen LogP contribution < -0.4 is 0 Å². The van der Waals surface area contributed by atoms with Gasteiger partial charge in [-0.05, 0) is 25.1 Å². The van der Waals surface area contributed by atoms with Crippen LogP contribution in [0.5, 0.6) is 0 Å². The molecule has 0 aliphatic carbocycles. The van der Waals surface area contributed by atoms with E-state index < -0.39 is 29.2 Å². The first-order valence-electron chi connectivity index (χ1n) is 7.28. The summed E-state index contributed by atoms with van der Waals surface area (Å²) < 4.78 is 43.1. The smallest absolute Gasteiger partial charge is 0.416 e. The van der Waals surface area contributed by atoms with Crippen LogP contribution in [0.15, 0.2) is 48.8 Å². The first-order chi connectivity index (χ1) is 12.2. The maximum absolute atomic E-state index is 12.8. The highest BCUT2D eigenvalue weighted by Gasteiger charge is 2.31. The Bertz CT molecular complexity index is 751. The van der Waals surface area contributed by atoms with E-state index in [0.29, 0.717) is 11.1 Å². The fourth-order valence-electron chi connectivity index (χ4n) is 1.69. The minimum atomic E-state index is -4.63. The number of benzene rings is 1. The largest absolute Gasteiger partial charge is 0.500 e. The monoisotopic (exact) mass is 368 g/mol. The maximum atomic E-state index is 12.8. The number of amides is 1. The van der Waals surface area contributed by atoms with Gasteiger partial charge in [-0.3, -0.25) is 4.79 Å². The fraction of sp³-hybridized carbons (Fsp3) is 0.235. The number of halogens is 3. The van der Waals surface area contributed by atoms with Crippen LogP contribution in [0.4, 0.5) is 13.2 Å². The Morgan fingerprint density at radius 2 is 2.08 bits per heavy atom. The molecule has 0 aliphatic rings. The predicted octanol–water partition coefficient (Wildman–Crippen LogP) is 3.24. The number of hydrogen-bond donors (Lipinski definition) is 0. The molecule has 0 fully saturated rings. The van der Waals surface area contributed by atoms with Crippen molar-refractivity contribution in [2.75, 3.05) is 13.2 Å². The number of alkyl halides is 3. The third-order valence-corrected chi connectivity index (χ3v) is 2.86. The third-order valence-electron chi connectivity index (χ3n) is 2.86. The predicted molar refractivity (Wildman–Crippen MR) is 84.1 cm³/mol. The second-order valence-corrected chi connectivity index (χ2v) is 4.71. The molecule has 0 bridgehead atoms. The topological polar surface area (TPSA) is 79.6 Å². The van der Waals surface area contributed by atoms with Crippen LogP contribution >= 0.6 is 0 Å². The Labute approximate surface area is 147 Å². The maximum Gasteiger partial charge on any atom is 0.416 e. The Balaban J connectivity index is 3.07. The fourth-order valence-corrected chi connectivity index (χ4v) is 1.69. The van der Waals surface area contributed by atoms with Gasteiger partial charge in [0, 0.05) is 5.56 Å². The lowest BCUT2D eigenvalue weighted by Gasteiger charge is -2.20. The summed E-state index contributed by atoms with van der Waals surface area (Å²) >= 11 is 0. The molecule has 0 aliphatic heterocycles. The van der Waals surface area contributed by atoms with Crippen molar-refractivity contribution in [2.45, 2.75) is 13.1 Å². The van der Waals surface area contributed by atoms with Gasteiger partial charge in [0.25, 0.3) is 5.91 Å². The van der Waals surface area contributed by atoms with Crippen LogP contribution in [0.25, 0.3) is 0 Å². The van der Waals surface area contributed by atoms with E-state index in [9.17, 15) is 22.8 Å². The lowest BCUT2D eigenvalue weighted by molar-refractivity contribution is -0.170. The van der Waals surface area contributed by atoms with Crippen LogP contribution in [0.1, 0.15) is 22.8 Å². The first-order valence-corrected chi connectivity index (χ1v) is 7.28. The minimum absolute atomic E-state index is 0.192. The zero-order valence-electron chi connectivity index (χ0n) is 13.7. The summed E-state index contributed by atoms with van der Waals surface area (Å²) in [6.07, 6.45) is -2.56. The summed E-state index contributed by atoms with van der Waals surface area (Å²) in [5.74, 6) is -2.19. The molecule has 1 amide bonds. The molecule has 6 nitrogen and oxygen atoms in total. The SMILES string of the molecule is C=CCN(OC(=O)C(C#N)=COCC)C(=O)c1cccc(C(F)(F)F)c1. The number of ether oxygens (including phenoxy) is 1. The van der Waals surface area contributed by atoms with Gasteiger partial charge in [0.1, 0.15) is 12.3 Å². The van der Waals surface area contributed by atoms with Gasteiger partial charge in [-0.2, -0.15) is 23.5 Å².